The first-order chi connectivity index (χ1) is 7.49. The molecular weight excluding hydrogens is 202 g/mol. The zero-order valence-corrected chi connectivity index (χ0v) is 11.0. The number of methoxy groups -OCH3 is 1. The molecule has 2 unspecified atom stereocenters. The zero-order valence-electron chi connectivity index (χ0n) is 11.0. The molecular formula is C13H25NO2. The van der Waals surface area contributed by atoms with Crippen LogP contribution in [0.25, 0.3) is 0 Å². The second-order valence-corrected chi connectivity index (χ2v) is 6.20. The molecule has 3 aliphatic rings. The van der Waals surface area contributed by atoms with Gasteiger partial charge in [0, 0.05) is 26.7 Å². The topological polar surface area (TPSA) is 21.7 Å². The van der Waals surface area contributed by atoms with Gasteiger partial charge < -0.3 is 14.4 Å². The lowest BCUT2D eigenvalue weighted by molar-refractivity contribution is -0.190. The van der Waals surface area contributed by atoms with Gasteiger partial charge in [0.1, 0.15) is 0 Å². The Bertz CT molecular complexity index is 225. The Hall–Kier alpha value is -0.120. The Kier molecular flexibility index (Phi) is 3.57. The normalized spacial score (nSPS) is 34.9. The van der Waals surface area contributed by atoms with E-state index in [-0.39, 0.29) is 5.60 Å². The molecule has 2 aliphatic heterocycles. The molecule has 3 fully saturated rings. The fourth-order valence-corrected chi connectivity index (χ4v) is 2.94. The average Bonchev–Trinajstić information content (AvgIpc) is 2.22. The third kappa shape index (κ3) is 2.76. The molecule has 2 bridgehead atoms. The first kappa shape index (κ1) is 12.3. The molecule has 0 N–H and O–H groups in total. The highest BCUT2D eigenvalue weighted by molar-refractivity contribution is 4.99. The Balaban J connectivity index is 1.79. The molecule has 1 saturated carbocycles. The van der Waals surface area contributed by atoms with Gasteiger partial charge >= 0.3 is 0 Å². The highest BCUT2D eigenvalue weighted by atomic mass is 16.5. The maximum atomic E-state index is 6.14. The van der Waals surface area contributed by atoms with E-state index in [0.717, 1.165) is 25.0 Å². The summed E-state index contributed by atoms with van der Waals surface area (Å²) in [5.41, 5.74) is 0.0102. The highest BCUT2D eigenvalue weighted by Crippen LogP contribution is 2.43. The number of hydrogen-bond donors (Lipinski definition) is 0. The van der Waals surface area contributed by atoms with Crippen LogP contribution in [0.15, 0.2) is 0 Å². The van der Waals surface area contributed by atoms with Crippen molar-refractivity contribution in [1.82, 2.24) is 4.90 Å². The van der Waals surface area contributed by atoms with Crippen molar-refractivity contribution < 1.29 is 9.47 Å². The van der Waals surface area contributed by atoms with Crippen LogP contribution in [-0.2, 0) is 9.47 Å². The van der Waals surface area contributed by atoms with Crippen molar-refractivity contribution in [3.05, 3.63) is 0 Å². The van der Waals surface area contributed by atoms with Crippen molar-refractivity contribution in [2.24, 2.45) is 11.8 Å². The van der Waals surface area contributed by atoms with Crippen LogP contribution in [0.4, 0.5) is 0 Å². The SMILES string of the molecule is COCCN1CC2CC(C1)C2OC(C)(C)C. The average molecular weight is 227 g/mol. The van der Waals surface area contributed by atoms with Crippen molar-refractivity contribution in [2.75, 3.05) is 33.4 Å². The predicted octanol–water partition coefficient (Wildman–Crippen LogP) is 1.77. The number of fused-ring (bicyclic) bond motifs is 2. The number of nitrogens with zero attached hydrogens (tertiary/aromatic N) is 1. The van der Waals surface area contributed by atoms with E-state index in [4.69, 9.17) is 9.47 Å². The highest BCUT2D eigenvalue weighted by Gasteiger charge is 2.48. The summed E-state index contributed by atoms with van der Waals surface area (Å²) >= 11 is 0. The summed E-state index contributed by atoms with van der Waals surface area (Å²) < 4.78 is 11.3. The Labute approximate surface area is 99.1 Å². The van der Waals surface area contributed by atoms with Crippen LogP contribution in [0, 0.1) is 11.8 Å². The molecule has 94 valence electrons. The molecule has 1 aliphatic carbocycles. The summed E-state index contributed by atoms with van der Waals surface area (Å²) in [6, 6.07) is 0. The van der Waals surface area contributed by atoms with E-state index in [2.05, 4.69) is 25.7 Å². The quantitative estimate of drug-likeness (QED) is 0.730. The maximum Gasteiger partial charge on any atom is 0.0663 e. The molecule has 2 heterocycles. The summed E-state index contributed by atoms with van der Waals surface area (Å²) in [6.07, 6.45) is 1.88. The van der Waals surface area contributed by atoms with Crippen molar-refractivity contribution in [3.8, 4) is 0 Å². The number of ether oxygens (including phenoxy) is 2. The van der Waals surface area contributed by atoms with Crippen molar-refractivity contribution in [3.63, 3.8) is 0 Å². The van der Waals surface area contributed by atoms with Crippen molar-refractivity contribution in [1.29, 1.82) is 0 Å². The van der Waals surface area contributed by atoms with E-state index in [1.807, 2.05) is 0 Å². The van der Waals surface area contributed by atoms with Gasteiger partial charge in [0.15, 0.2) is 0 Å². The minimum Gasteiger partial charge on any atom is -0.383 e. The van der Waals surface area contributed by atoms with Gasteiger partial charge in [0.25, 0.3) is 0 Å². The third-order valence-electron chi connectivity index (χ3n) is 3.62. The van der Waals surface area contributed by atoms with Crippen molar-refractivity contribution in [2.45, 2.75) is 38.9 Å². The number of hydrogen-bond acceptors (Lipinski definition) is 3. The first-order valence-corrected chi connectivity index (χ1v) is 6.39. The monoisotopic (exact) mass is 227 g/mol. The van der Waals surface area contributed by atoms with Crippen LogP contribution in [0.5, 0.6) is 0 Å². The minimum absolute atomic E-state index is 0.0102. The van der Waals surface area contributed by atoms with Gasteiger partial charge in [0.2, 0.25) is 0 Å². The molecule has 2 atom stereocenters. The Morgan fingerprint density at radius 3 is 2.31 bits per heavy atom. The largest absolute Gasteiger partial charge is 0.383 e. The van der Waals surface area contributed by atoms with Gasteiger partial charge in [-0.15, -0.1) is 0 Å². The predicted molar refractivity (Wildman–Crippen MR) is 64.5 cm³/mol. The molecule has 3 nitrogen and oxygen atoms in total. The number of rotatable bonds is 4. The summed E-state index contributed by atoms with van der Waals surface area (Å²) in [4.78, 5) is 2.52. The van der Waals surface area contributed by atoms with E-state index in [1.165, 1.54) is 19.5 Å². The summed E-state index contributed by atoms with van der Waals surface area (Å²) in [7, 11) is 1.77. The van der Waals surface area contributed by atoms with E-state index in [0.29, 0.717) is 6.10 Å². The van der Waals surface area contributed by atoms with E-state index in [9.17, 15) is 0 Å². The maximum absolute atomic E-state index is 6.14. The van der Waals surface area contributed by atoms with Crippen LogP contribution in [0.3, 0.4) is 0 Å². The molecule has 3 heteroatoms. The van der Waals surface area contributed by atoms with Crippen LogP contribution in [0.1, 0.15) is 27.2 Å². The van der Waals surface area contributed by atoms with Gasteiger partial charge in [-0.1, -0.05) is 0 Å². The van der Waals surface area contributed by atoms with Gasteiger partial charge in [-0.2, -0.15) is 0 Å². The number of piperidine rings is 2. The molecule has 0 aromatic heterocycles. The second kappa shape index (κ2) is 4.63. The van der Waals surface area contributed by atoms with Crippen molar-refractivity contribution >= 4 is 0 Å². The van der Waals surface area contributed by atoms with Crippen LogP contribution < -0.4 is 0 Å². The van der Waals surface area contributed by atoms with Gasteiger partial charge in [0.05, 0.1) is 18.3 Å². The lowest BCUT2D eigenvalue weighted by Crippen LogP contribution is -2.60. The Morgan fingerprint density at radius 1 is 1.19 bits per heavy atom. The van der Waals surface area contributed by atoms with Crippen LogP contribution in [0.2, 0.25) is 0 Å². The van der Waals surface area contributed by atoms with E-state index >= 15 is 0 Å². The molecule has 0 spiro atoms. The Morgan fingerprint density at radius 2 is 1.81 bits per heavy atom. The molecule has 0 radical (unpaired) electrons. The minimum atomic E-state index is 0.0102. The first-order valence-electron chi connectivity index (χ1n) is 6.39. The van der Waals surface area contributed by atoms with Crippen LogP contribution in [-0.4, -0.2) is 50.0 Å². The third-order valence-corrected chi connectivity index (χ3v) is 3.62. The standard InChI is InChI=1S/C13H25NO2/c1-13(2,3)16-12-10-7-11(12)9-14(8-10)5-6-15-4/h10-12H,5-9H2,1-4H3. The van der Waals surface area contributed by atoms with E-state index in [1.54, 1.807) is 7.11 Å². The zero-order chi connectivity index (χ0) is 11.8. The molecule has 0 aromatic rings. The summed E-state index contributed by atoms with van der Waals surface area (Å²) in [6.45, 7) is 10.8. The molecule has 0 aromatic carbocycles. The summed E-state index contributed by atoms with van der Waals surface area (Å²) in [5.74, 6) is 1.52. The second-order valence-electron chi connectivity index (χ2n) is 6.20. The summed E-state index contributed by atoms with van der Waals surface area (Å²) in [5, 5.41) is 0. The smallest absolute Gasteiger partial charge is 0.0663 e. The van der Waals surface area contributed by atoms with Gasteiger partial charge in [-0.25, -0.2) is 0 Å². The lowest BCUT2D eigenvalue weighted by atomic mass is 9.68. The van der Waals surface area contributed by atoms with Gasteiger partial charge in [-0.3, -0.25) is 0 Å². The lowest BCUT2D eigenvalue weighted by Gasteiger charge is -2.54. The van der Waals surface area contributed by atoms with E-state index < -0.39 is 0 Å². The molecule has 16 heavy (non-hydrogen) atoms. The molecule has 2 saturated heterocycles. The molecule has 3 rings (SSSR count). The molecule has 0 amide bonds. The van der Waals surface area contributed by atoms with Crippen LogP contribution >= 0.6 is 0 Å². The fraction of sp³-hybridized carbons (Fsp3) is 1.00. The fourth-order valence-electron chi connectivity index (χ4n) is 2.94. The van der Waals surface area contributed by atoms with Gasteiger partial charge in [-0.05, 0) is 39.0 Å².